The predicted molar refractivity (Wildman–Crippen MR) is 59.0 cm³/mol. The quantitative estimate of drug-likeness (QED) is 0.579. The van der Waals surface area contributed by atoms with E-state index in [4.69, 9.17) is 0 Å². The highest BCUT2D eigenvalue weighted by molar-refractivity contribution is 6.07. The molecule has 3 aromatic rings. The first-order chi connectivity index (χ1) is 7.27. The molecular formula is C11H9N3O. The van der Waals surface area contributed by atoms with Crippen LogP contribution in [0.1, 0.15) is 5.69 Å². The van der Waals surface area contributed by atoms with E-state index in [0.29, 0.717) is 5.52 Å². The number of hydrogen-bond acceptors (Lipinski definition) is 2. The number of H-pyrrole nitrogens is 2. The van der Waals surface area contributed by atoms with Crippen LogP contribution in [0.4, 0.5) is 0 Å². The molecule has 4 heteroatoms. The van der Waals surface area contributed by atoms with Crippen LogP contribution in [0.3, 0.4) is 0 Å². The number of rotatable bonds is 0. The summed E-state index contributed by atoms with van der Waals surface area (Å²) in [6.45, 7) is 1.89. The number of benzene rings is 1. The minimum Gasteiger partial charge on any atom is -0.350 e. The lowest BCUT2D eigenvalue weighted by atomic mass is 10.1. The number of fused-ring (bicyclic) bond motifs is 3. The second-order valence-electron chi connectivity index (χ2n) is 3.56. The van der Waals surface area contributed by atoms with E-state index in [0.717, 1.165) is 22.0 Å². The van der Waals surface area contributed by atoms with Gasteiger partial charge in [0.2, 0.25) is 0 Å². The molecule has 0 saturated carbocycles. The van der Waals surface area contributed by atoms with Crippen LogP contribution in [0.15, 0.2) is 29.1 Å². The van der Waals surface area contributed by atoms with Crippen molar-refractivity contribution in [3.05, 3.63) is 40.3 Å². The largest absolute Gasteiger partial charge is 0.350 e. The highest BCUT2D eigenvalue weighted by Crippen LogP contribution is 2.23. The summed E-state index contributed by atoms with van der Waals surface area (Å²) >= 11 is 0. The topological polar surface area (TPSA) is 61.5 Å². The van der Waals surface area contributed by atoms with E-state index in [1.54, 1.807) is 0 Å². The highest BCUT2D eigenvalue weighted by atomic mass is 16.1. The first kappa shape index (κ1) is 8.23. The van der Waals surface area contributed by atoms with E-state index in [-0.39, 0.29) is 5.56 Å². The van der Waals surface area contributed by atoms with E-state index in [1.165, 1.54) is 0 Å². The maximum Gasteiger partial charge on any atom is 0.288 e. The van der Waals surface area contributed by atoms with Gasteiger partial charge in [0.1, 0.15) is 5.52 Å². The Hall–Kier alpha value is -2.10. The molecule has 0 aliphatic heterocycles. The van der Waals surface area contributed by atoms with Crippen molar-refractivity contribution in [2.45, 2.75) is 6.92 Å². The van der Waals surface area contributed by atoms with Crippen LogP contribution >= 0.6 is 0 Å². The smallest absolute Gasteiger partial charge is 0.288 e. The lowest BCUT2D eigenvalue weighted by Crippen LogP contribution is -2.09. The zero-order valence-corrected chi connectivity index (χ0v) is 8.16. The number of aryl methyl sites for hydroxylation is 1. The molecule has 2 heterocycles. The van der Waals surface area contributed by atoms with Gasteiger partial charge in [0.15, 0.2) is 0 Å². The summed E-state index contributed by atoms with van der Waals surface area (Å²) < 4.78 is 0. The van der Waals surface area contributed by atoms with Crippen molar-refractivity contribution in [1.82, 2.24) is 15.2 Å². The monoisotopic (exact) mass is 199 g/mol. The fourth-order valence-electron chi connectivity index (χ4n) is 1.93. The van der Waals surface area contributed by atoms with Crippen LogP contribution in [0.2, 0.25) is 0 Å². The Morgan fingerprint density at radius 3 is 2.93 bits per heavy atom. The second kappa shape index (κ2) is 2.70. The standard InChI is InChI=1S/C11H9N3O/c1-6-9-7-4-2-3-5-8(7)12-10(9)11(15)14-13-6/h2-5,12H,1H3,(H,14,15). The number of nitrogens with one attached hydrogen (secondary N) is 2. The van der Waals surface area contributed by atoms with Crippen LogP contribution in [0.25, 0.3) is 21.8 Å². The van der Waals surface area contributed by atoms with Crippen LogP contribution in [-0.2, 0) is 0 Å². The summed E-state index contributed by atoms with van der Waals surface area (Å²) in [4.78, 5) is 14.7. The minimum atomic E-state index is -0.174. The molecule has 74 valence electrons. The van der Waals surface area contributed by atoms with Gasteiger partial charge < -0.3 is 4.98 Å². The first-order valence-corrected chi connectivity index (χ1v) is 4.73. The average molecular weight is 199 g/mol. The SMILES string of the molecule is Cc1n[nH]c(=O)c2[nH]c3ccccc3c12. The normalized spacial score (nSPS) is 11.3. The summed E-state index contributed by atoms with van der Waals surface area (Å²) in [6, 6.07) is 7.83. The van der Waals surface area contributed by atoms with Gasteiger partial charge in [-0.05, 0) is 13.0 Å². The Morgan fingerprint density at radius 1 is 1.27 bits per heavy atom. The first-order valence-electron chi connectivity index (χ1n) is 4.73. The maximum absolute atomic E-state index is 11.6. The maximum atomic E-state index is 11.6. The van der Waals surface area contributed by atoms with Crippen molar-refractivity contribution in [1.29, 1.82) is 0 Å². The fraction of sp³-hybridized carbons (Fsp3) is 0.0909. The average Bonchev–Trinajstić information content (AvgIpc) is 2.64. The zero-order valence-electron chi connectivity index (χ0n) is 8.16. The van der Waals surface area contributed by atoms with Crippen molar-refractivity contribution in [3.8, 4) is 0 Å². The lowest BCUT2D eigenvalue weighted by Gasteiger charge is -1.93. The number of para-hydroxylation sites is 1. The van der Waals surface area contributed by atoms with Crippen molar-refractivity contribution in [2.75, 3.05) is 0 Å². The highest BCUT2D eigenvalue weighted by Gasteiger charge is 2.09. The second-order valence-corrected chi connectivity index (χ2v) is 3.56. The van der Waals surface area contributed by atoms with Crippen molar-refractivity contribution in [2.24, 2.45) is 0 Å². The molecule has 0 spiro atoms. The number of aromatic nitrogens is 3. The van der Waals surface area contributed by atoms with Crippen molar-refractivity contribution in [3.63, 3.8) is 0 Å². The summed E-state index contributed by atoms with van der Waals surface area (Å²) in [5.74, 6) is 0. The molecule has 0 bridgehead atoms. The van der Waals surface area contributed by atoms with Gasteiger partial charge in [-0.15, -0.1) is 0 Å². The lowest BCUT2D eigenvalue weighted by molar-refractivity contribution is 0.968. The van der Waals surface area contributed by atoms with Gasteiger partial charge in [0.05, 0.1) is 5.69 Å². The fourth-order valence-corrected chi connectivity index (χ4v) is 1.93. The van der Waals surface area contributed by atoms with Crippen LogP contribution in [-0.4, -0.2) is 15.2 Å². The molecule has 4 nitrogen and oxygen atoms in total. The third kappa shape index (κ3) is 1.01. The Morgan fingerprint density at radius 2 is 2.07 bits per heavy atom. The molecule has 15 heavy (non-hydrogen) atoms. The van der Waals surface area contributed by atoms with Gasteiger partial charge in [-0.1, -0.05) is 18.2 Å². The van der Waals surface area contributed by atoms with Crippen LogP contribution in [0.5, 0.6) is 0 Å². The predicted octanol–water partition coefficient (Wildman–Crippen LogP) is 1.71. The number of aromatic amines is 2. The molecule has 0 aliphatic carbocycles. The molecule has 0 fully saturated rings. The molecule has 0 unspecified atom stereocenters. The third-order valence-electron chi connectivity index (χ3n) is 2.62. The zero-order chi connectivity index (χ0) is 10.4. The third-order valence-corrected chi connectivity index (χ3v) is 2.62. The molecule has 0 saturated heterocycles. The van der Waals surface area contributed by atoms with Gasteiger partial charge in [0, 0.05) is 16.3 Å². The summed E-state index contributed by atoms with van der Waals surface area (Å²) in [5.41, 5.74) is 2.23. The molecule has 0 atom stereocenters. The van der Waals surface area contributed by atoms with E-state index in [9.17, 15) is 4.79 Å². The van der Waals surface area contributed by atoms with Crippen LogP contribution < -0.4 is 5.56 Å². The van der Waals surface area contributed by atoms with Crippen molar-refractivity contribution >= 4 is 21.8 Å². The Labute approximate surface area is 84.9 Å². The summed E-state index contributed by atoms with van der Waals surface area (Å²) in [7, 11) is 0. The molecule has 3 rings (SSSR count). The molecule has 2 N–H and O–H groups in total. The summed E-state index contributed by atoms with van der Waals surface area (Å²) in [5, 5.41) is 8.39. The van der Waals surface area contributed by atoms with E-state index >= 15 is 0 Å². The van der Waals surface area contributed by atoms with Gasteiger partial charge >= 0.3 is 0 Å². The van der Waals surface area contributed by atoms with Gasteiger partial charge in [-0.2, -0.15) is 5.10 Å². The minimum absolute atomic E-state index is 0.174. The molecular weight excluding hydrogens is 190 g/mol. The van der Waals surface area contributed by atoms with Gasteiger partial charge in [-0.25, -0.2) is 5.10 Å². The van der Waals surface area contributed by atoms with E-state index in [2.05, 4.69) is 15.2 Å². The number of nitrogens with zero attached hydrogens (tertiary/aromatic N) is 1. The number of hydrogen-bond donors (Lipinski definition) is 2. The van der Waals surface area contributed by atoms with Crippen molar-refractivity contribution < 1.29 is 0 Å². The van der Waals surface area contributed by atoms with Crippen LogP contribution in [0, 0.1) is 6.92 Å². The molecule has 0 aliphatic rings. The van der Waals surface area contributed by atoms with Gasteiger partial charge in [-0.3, -0.25) is 4.79 Å². The molecule has 2 aromatic heterocycles. The van der Waals surface area contributed by atoms with Gasteiger partial charge in [0.25, 0.3) is 5.56 Å². The van der Waals surface area contributed by atoms with E-state index in [1.807, 2.05) is 31.2 Å². The summed E-state index contributed by atoms with van der Waals surface area (Å²) in [6.07, 6.45) is 0. The molecule has 0 radical (unpaired) electrons. The Kier molecular flexibility index (Phi) is 1.48. The van der Waals surface area contributed by atoms with E-state index < -0.39 is 0 Å². The Balaban J connectivity index is 2.72. The molecule has 0 amide bonds. The Bertz CT molecular complexity index is 708. The molecule has 1 aromatic carbocycles.